The van der Waals surface area contributed by atoms with Gasteiger partial charge in [-0.3, -0.25) is 4.79 Å². The molecule has 1 aliphatic heterocycles. The number of benzene rings is 1. The van der Waals surface area contributed by atoms with Crippen LogP contribution in [0, 0.1) is 17.2 Å². The summed E-state index contributed by atoms with van der Waals surface area (Å²) in [5, 5.41) is 11.5. The Hall–Kier alpha value is -1.91. The summed E-state index contributed by atoms with van der Waals surface area (Å²) >= 11 is 0. The second kappa shape index (κ2) is 6.90. The van der Waals surface area contributed by atoms with E-state index in [0.29, 0.717) is 30.6 Å². The van der Waals surface area contributed by atoms with Gasteiger partial charge in [-0.15, -0.1) is 0 Å². The van der Waals surface area contributed by atoms with Crippen molar-refractivity contribution in [3.63, 3.8) is 0 Å². The highest BCUT2D eigenvalue weighted by molar-refractivity contribution is 7.89. The first-order valence-electron chi connectivity index (χ1n) is 7.25. The van der Waals surface area contributed by atoms with Crippen LogP contribution in [0.4, 0.5) is 5.69 Å². The zero-order valence-corrected chi connectivity index (χ0v) is 13.3. The van der Waals surface area contributed by atoms with E-state index in [0.717, 1.165) is 0 Å². The van der Waals surface area contributed by atoms with Gasteiger partial charge >= 0.3 is 0 Å². The van der Waals surface area contributed by atoms with Crippen LogP contribution in [0.5, 0.6) is 0 Å². The van der Waals surface area contributed by atoms with Gasteiger partial charge in [0, 0.05) is 18.8 Å². The van der Waals surface area contributed by atoms with E-state index in [1.54, 1.807) is 31.2 Å². The van der Waals surface area contributed by atoms with E-state index in [1.165, 1.54) is 4.31 Å². The van der Waals surface area contributed by atoms with Crippen LogP contribution < -0.4 is 5.32 Å². The van der Waals surface area contributed by atoms with Gasteiger partial charge in [0.1, 0.15) is 0 Å². The van der Waals surface area contributed by atoms with E-state index < -0.39 is 10.0 Å². The fourth-order valence-electron chi connectivity index (χ4n) is 2.46. The Balaban J connectivity index is 2.01. The third-order valence-corrected chi connectivity index (χ3v) is 5.64. The number of sulfonamides is 1. The Bertz CT molecular complexity index is 677. The molecule has 1 aliphatic rings. The lowest BCUT2D eigenvalue weighted by Crippen LogP contribution is -2.44. The van der Waals surface area contributed by atoms with E-state index in [2.05, 4.69) is 5.32 Å². The molecule has 6 nitrogen and oxygen atoms in total. The lowest BCUT2D eigenvalue weighted by molar-refractivity contribution is -0.120. The van der Waals surface area contributed by atoms with E-state index in [-0.39, 0.29) is 24.1 Å². The molecule has 0 radical (unpaired) electrons. The average molecular weight is 321 g/mol. The van der Waals surface area contributed by atoms with Gasteiger partial charge < -0.3 is 5.32 Å². The lowest BCUT2D eigenvalue weighted by Gasteiger charge is -2.30. The number of rotatable bonds is 4. The molecule has 7 heteroatoms. The quantitative estimate of drug-likeness (QED) is 0.911. The Kier molecular flexibility index (Phi) is 5.16. The Morgan fingerprint density at radius 3 is 2.68 bits per heavy atom. The summed E-state index contributed by atoms with van der Waals surface area (Å²) in [5.41, 5.74) is 1.13. The van der Waals surface area contributed by atoms with Crippen LogP contribution in [0.15, 0.2) is 24.3 Å². The highest BCUT2D eigenvalue weighted by Gasteiger charge is 2.31. The molecule has 22 heavy (non-hydrogen) atoms. The lowest BCUT2D eigenvalue weighted by atomic mass is 9.98. The number of nitrogens with one attached hydrogen (secondary N) is 1. The average Bonchev–Trinajstić information content (AvgIpc) is 2.55. The largest absolute Gasteiger partial charge is 0.326 e. The van der Waals surface area contributed by atoms with Crippen LogP contribution >= 0.6 is 0 Å². The van der Waals surface area contributed by atoms with Crippen molar-refractivity contribution >= 4 is 21.6 Å². The zero-order chi connectivity index (χ0) is 16.2. The highest BCUT2D eigenvalue weighted by atomic mass is 32.2. The second-order valence-electron chi connectivity index (χ2n) is 5.28. The minimum Gasteiger partial charge on any atom is -0.326 e. The van der Waals surface area contributed by atoms with E-state index in [1.807, 2.05) is 6.07 Å². The third kappa shape index (κ3) is 3.84. The van der Waals surface area contributed by atoms with Gasteiger partial charge in [-0.25, -0.2) is 12.7 Å². The predicted molar refractivity (Wildman–Crippen MR) is 83.5 cm³/mol. The summed E-state index contributed by atoms with van der Waals surface area (Å²) < 4.78 is 25.2. The molecule has 1 amide bonds. The molecule has 2 rings (SSSR count). The standard InChI is InChI=1S/C15H19N3O3S/c1-2-22(20,21)18-9-3-4-13(11-18)15(19)17-14-7-5-12(10-16)6-8-14/h5-8,13H,2-4,9,11H2,1H3,(H,17,19)/t13-/m1/s1. The maximum atomic E-state index is 12.3. The van der Waals surface area contributed by atoms with Crippen molar-refractivity contribution in [3.05, 3.63) is 29.8 Å². The zero-order valence-electron chi connectivity index (χ0n) is 12.4. The maximum absolute atomic E-state index is 12.3. The number of hydrogen-bond donors (Lipinski definition) is 1. The summed E-state index contributed by atoms with van der Waals surface area (Å²) in [6.45, 7) is 2.32. The predicted octanol–water partition coefficient (Wildman–Crippen LogP) is 1.56. The number of amides is 1. The van der Waals surface area contributed by atoms with Gasteiger partial charge in [0.25, 0.3) is 0 Å². The summed E-state index contributed by atoms with van der Waals surface area (Å²) in [7, 11) is -3.25. The van der Waals surface area contributed by atoms with Gasteiger partial charge in [0.05, 0.1) is 23.3 Å². The normalized spacial score (nSPS) is 19.4. The smallest absolute Gasteiger partial charge is 0.228 e. The van der Waals surface area contributed by atoms with Crippen molar-refractivity contribution < 1.29 is 13.2 Å². The Morgan fingerprint density at radius 2 is 2.09 bits per heavy atom. The number of anilines is 1. The fourth-order valence-corrected chi connectivity index (χ4v) is 3.64. The summed E-state index contributed by atoms with van der Waals surface area (Å²) in [6, 6.07) is 8.61. The second-order valence-corrected chi connectivity index (χ2v) is 7.53. The molecule has 1 saturated heterocycles. The third-order valence-electron chi connectivity index (χ3n) is 3.79. The van der Waals surface area contributed by atoms with Gasteiger partial charge in [-0.1, -0.05) is 0 Å². The molecule has 1 fully saturated rings. The van der Waals surface area contributed by atoms with Crippen LogP contribution in [0.3, 0.4) is 0 Å². The Labute approximate surface area is 130 Å². The van der Waals surface area contributed by atoms with Crippen LogP contribution in [-0.2, 0) is 14.8 Å². The van der Waals surface area contributed by atoms with Gasteiger partial charge in [0.2, 0.25) is 15.9 Å². The first-order valence-corrected chi connectivity index (χ1v) is 8.86. The molecule has 0 aromatic heterocycles. The molecule has 1 aromatic carbocycles. The number of nitrogens with zero attached hydrogens (tertiary/aromatic N) is 2. The van der Waals surface area contributed by atoms with Gasteiger partial charge in [-0.05, 0) is 44.0 Å². The van der Waals surface area contributed by atoms with Gasteiger partial charge in [-0.2, -0.15) is 5.26 Å². The van der Waals surface area contributed by atoms with Crippen molar-refractivity contribution in [2.45, 2.75) is 19.8 Å². The molecule has 1 aromatic rings. The summed E-state index contributed by atoms with van der Waals surface area (Å²) in [6.07, 6.45) is 1.36. The number of nitriles is 1. The SMILES string of the molecule is CCS(=O)(=O)N1CCC[C@@H](C(=O)Nc2ccc(C#N)cc2)C1. The number of hydrogen-bond acceptors (Lipinski definition) is 4. The maximum Gasteiger partial charge on any atom is 0.228 e. The Morgan fingerprint density at radius 1 is 1.41 bits per heavy atom. The molecular formula is C15H19N3O3S. The molecule has 0 saturated carbocycles. The minimum atomic E-state index is -3.25. The van der Waals surface area contributed by atoms with Crippen molar-refractivity contribution in [3.8, 4) is 6.07 Å². The summed E-state index contributed by atoms with van der Waals surface area (Å²) in [5.74, 6) is -0.469. The molecule has 0 spiro atoms. The molecule has 0 unspecified atom stereocenters. The van der Waals surface area contributed by atoms with Crippen molar-refractivity contribution in [1.29, 1.82) is 5.26 Å². The topological polar surface area (TPSA) is 90.3 Å². The van der Waals surface area contributed by atoms with E-state index in [4.69, 9.17) is 5.26 Å². The summed E-state index contributed by atoms with van der Waals surface area (Å²) in [4.78, 5) is 12.3. The molecule has 0 bridgehead atoms. The van der Waals surface area contributed by atoms with Crippen LogP contribution in [0.2, 0.25) is 0 Å². The van der Waals surface area contributed by atoms with Crippen LogP contribution in [-0.4, -0.2) is 37.5 Å². The van der Waals surface area contributed by atoms with E-state index in [9.17, 15) is 13.2 Å². The number of carbonyl (C=O) groups is 1. The fraction of sp³-hybridized carbons (Fsp3) is 0.467. The van der Waals surface area contributed by atoms with E-state index >= 15 is 0 Å². The minimum absolute atomic E-state index is 0.0525. The molecule has 1 N–H and O–H groups in total. The first-order chi connectivity index (χ1) is 10.5. The van der Waals surface area contributed by atoms with Crippen molar-refractivity contribution in [2.75, 3.05) is 24.2 Å². The molecular weight excluding hydrogens is 302 g/mol. The van der Waals surface area contributed by atoms with Crippen molar-refractivity contribution in [2.24, 2.45) is 5.92 Å². The van der Waals surface area contributed by atoms with Crippen LogP contribution in [0.25, 0.3) is 0 Å². The highest BCUT2D eigenvalue weighted by Crippen LogP contribution is 2.21. The number of piperidine rings is 1. The first kappa shape index (κ1) is 16.5. The van der Waals surface area contributed by atoms with Crippen molar-refractivity contribution in [1.82, 2.24) is 4.31 Å². The molecule has 1 heterocycles. The molecule has 1 atom stereocenters. The van der Waals surface area contributed by atoms with Gasteiger partial charge in [0.15, 0.2) is 0 Å². The molecule has 0 aliphatic carbocycles. The monoisotopic (exact) mass is 321 g/mol. The number of carbonyl (C=O) groups excluding carboxylic acids is 1. The van der Waals surface area contributed by atoms with Crippen LogP contribution in [0.1, 0.15) is 25.3 Å². The molecule has 118 valence electrons.